The molecule has 0 aliphatic heterocycles. The summed E-state index contributed by atoms with van der Waals surface area (Å²) in [7, 11) is 3.82. The maximum atomic E-state index is 5.64. The minimum Gasteiger partial charge on any atom is -0.382 e. The Hall–Kier alpha value is -0.120. The molecule has 0 bridgehead atoms. The van der Waals surface area contributed by atoms with Crippen molar-refractivity contribution in [2.45, 2.75) is 52.5 Å². The lowest BCUT2D eigenvalue weighted by molar-refractivity contribution is 0.0469. The van der Waals surface area contributed by atoms with Gasteiger partial charge in [0.15, 0.2) is 0 Å². The van der Waals surface area contributed by atoms with Gasteiger partial charge in [0, 0.05) is 19.8 Å². The first-order valence-electron chi connectivity index (χ1n) is 7.73. The van der Waals surface area contributed by atoms with Gasteiger partial charge in [-0.2, -0.15) is 0 Å². The third kappa shape index (κ3) is 5.80. The van der Waals surface area contributed by atoms with E-state index in [9.17, 15) is 0 Å². The summed E-state index contributed by atoms with van der Waals surface area (Å²) in [6.07, 6.45) is 5.17. The van der Waals surface area contributed by atoms with Crippen LogP contribution in [0.15, 0.2) is 0 Å². The van der Waals surface area contributed by atoms with E-state index < -0.39 is 0 Å². The highest BCUT2D eigenvalue weighted by molar-refractivity contribution is 4.88. The standard InChI is InChI=1S/C16H33NO2/c1-16(2,3)14-6-7-15(17-4)13(12-14)8-9-19-11-10-18-5/h13-15,17H,6-12H2,1-5H3. The van der Waals surface area contributed by atoms with Crippen molar-refractivity contribution in [1.82, 2.24) is 5.32 Å². The number of hydrogen-bond donors (Lipinski definition) is 1. The van der Waals surface area contributed by atoms with E-state index in [1.54, 1.807) is 7.11 Å². The number of ether oxygens (including phenoxy) is 2. The van der Waals surface area contributed by atoms with E-state index in [4.69, 9.17) is 9.47 Å². The average Bonchev–Trinajstić information content (AvgIpc) is 2.37. The highest BCUT2D eigenvalue weighted by Gasteiger charge is 2.34. The summed E-state index contributed by atoms with van der Waals surface area (Å²) < 4.78 is 10.6. The second kappa shape index (κ2) is 8.23. The van der Waals surface area contributed by atoms with Crippen molar-refractivity contribution in [3.05, 3.63) is 0 Å². The van der Waals surface area contributed by atoms with Crippen LogP contribution in [0.5, 0.6) is 0 Å². The molecule has 3 atom stereocenters. The van der Waals surface area contributed by atoms with Crippen LogP contribution in [-0.4, -0.2) is 40.0 Å². The first-order valence-corrected chi connectivity index (χ1v) is 7.73. The fraction of sp³-hybridized carbons (Fsp3) is 1.00. The van der Waals surface area contributed by atoms with Gasteiger partial charge in [0.1, 0.15) is 0 Å². The Morgan fingerprint density at radius 3 is 2.42 bits per heavy atom. The van der Waals surface area contributed by atoms with Crippen LogP contribution in [0.25, 0.3) is 0 Å². The summed E-state index contributed by atoms with van der Waals surface area (Å²) in [5, 5.41) is 3.50. The SMILES string of the molecule is CNC1CCC(C(C)(C)C)CC1CCOCCOC. The molecular weight excluding hydrogens is 238 g/mol. The molecule has 0 aromatic heterocycles. The molecule has 0 heterocycles. The third-order valence-corrected chi connectivity index (χ3v) is 4.64. The summed E-state index contributed by atoms with van der Waals surface area (Å²) in [6.45, 7) is 9.42. The van der Waals surface area contributed by atoms with Crippen molar-refractivity contribution >= 4 is 0 Å². The van der Waals surface area contributed by atoms with Crippen molar-refractivity contribution < 1.29 is 9.47 Å². The minimum absolute atomic E-state index is 0.438. The Morgan fingerprint density at radius 2 is 1.84 bits per heavy atom. The molecule has 1 aliphatic carbocycles. The predicted octanol–water partition coefficient (Wildman–Crippen LogP) is 3.09. The topological polar surface area (TPSA) is 30.5 Å². The van der Waals surface area contributed by atoms with Crippen molar-refractivity contribution in [3.8, 4) is 0 Å². The number of hydrogen-bond acceptors (Lipinski definition) is 3. The summed E-state index contributed by atoms with van der Waals surface area (Å²) >= 11 is 0. The van der Waals surface area contributed by atoms with Gasteiger partial charge in [-0.05, 0) is 50.0 Å². The molecule has 0 amide bonds. The quantitative estimate of drug-likeness (QED) is 0.722. The van der Waals surface area contributed by atoms with Crippen LogP contribution in [0.2, 0.25) is 0 Å². The van der Waals surface area contributed by atoms with Crippen LogP contribution in [-0.2, 0) is 9.47 Å². The van der Waals surface area contributed by atoms with E-state index >= 15 is 0 Å². The van der Waals surface area contributed by atoms with E-state index in [2.05, 4.69) is 33.1 Å². The van der Waals surface area contributed by atoms with Gasteiger partial charge in [-0.25, -0.2) is 0 Å². The Balaban J connectivity index is 2.37. The van der Waals surface area contributed by atoms with Crippen LogP contribution in [0.3, 0.4) is 0 Å². The lowest BCUT2D eigenvalue weighted by atomic mass is 9.67. The van der Waals surface area contributed by atoms with Crippen LogP contribution < -0.4 is 5.32 Å². The maximum Gasteiger partial charge on any atom is 0.0700 e. The van der Waals surface area contributed by atoms with E-state index in [1.807, 2.05) is 0 Å². The summed E-state index contributed by atoms with van der Waals surface area (Å²) in [5.74, 6) is 1.60. The van der Waals surface area contributed by atoms with Gasteiger partial charge >= 0.3 is 0 Å². The zero-order valence-electron chi connectivity index (χ0n) is 13.5. The molecule has 3 heteroatoms. The summed E-state index contributed by atoms with van der Waals surface area (Å²) in [4.78, 5) is 0. The number of methoxy groups -OCH3 is 1. The Morgan fingerprint density at radius 1 is 1.11 bits per heavy atom. The maximum absolute atomic E-state index is 5.64. The molecule has 0 aromatic rings. The molecule has 1 aliphatic rings. The van der Waals surface area contributed by atoms with E-state index in [0.29, 0.717) is 18.1 Å². The monoisotopic (exact) mass is 271 g/mol. The Labute approximate surface area is 119 Å². The lowest BCUT2D eigenvalue weighted by Crippen LogP contribution is -2.41. The van der Waals surface area contributed by atoms with Crippen molar-refractivity contribution in [2.24, 2.45) is 17.3 Å². The summed E-state index contributed by atoms with van der Waals surface area (Å²) in [5.41, 5.74) is 0.438. The largest absolute Gasteiger partial charge is 0.382 e. The molecule has 0 saturated heterocycles. The molecular formula is C16H33NO2. The smallest absolute Gasteiger partial charge is 0.0700 e. The molecule has 0 spiro atoms. The fourth-order valence-electron chi connectivity index (χ4n) is 3.23. The minimum atomic E-state index is 0.438. The zero-order chi connectivity index (χ0) is 14.3. The molecule has 0 radical (unpaired) electrons. The second-order valence-electron chi connectivity index (χ2n) is 6.93. The zero-order valence-corrected chi connectivity index (χ0v) is 13.5. The summed E-state index contributed by atoms with van der Waals surface area (Å²) in [6, 6.07) is 0.671. The van der Waals surface area contributed by atoms with E-state index in [1.165, 1.54) is 25.7 Å². The number of nitrogens with one attached hydrogen (secondary N) is 1. The highest BCUT2D eigenvalue weighted by atomic mass is 16.5. The Kier molecular flexibility index (Phi) is 7.33. The van der Waals surface area contributed by atoms with Crippen LogP contribution in [0, 0.1) is 17.3 Å². The second-order valence-corrected chi connectivity index (χ2v) is 6.93. The fourth-order valence-corrected chi connectivity index (χ4v) is 3.23. The van der Waals surface area contributed by atoms with Gasteiger partial charge in [0.2, 0.25) is 0 Å². The molecule has 3 unspecified atom stereocenters. The molecule has 1 saturated carbocycles. The first kappa shape index (κ1) is 16.9. The number of rotatable bonds is 7. The van der Waals surface area contributed by atoms with Crippen LogP contribution >= 0.6 is 0 Å². The normalized spacial score (nSPS) is 28.6. The van der Waals surface area contributed by atoms with Gasteiger partial charge in [-0.1, -0.05) is 20.8 Å². The van der Waals surface area contributed by atoms with Gasteiger partial charge in [0.25, 0.3) is 0 Å². The third-order valence-electron chi connectivity index (χ3n) is 4.64. The molecule has 19 heavy (non-hydrogen) atoms. The predicted molar refractivity (Wildman–Crippen MR) is 80.4 cm³/mol. The van der Waals surface area contributed by atoms with E-state index in [-0.39, 0.29) is 0 Å². The van der Waals surface area contributed by atoms with Crippen LogP contribution in [0.4, 0.5) is 0 Å². The molecule has 1 fully saturated rings. The van der Waals surface area contributed by atoms with Gasteiger partial charge in [0.05, 0.1) is 13.2 Å². The van der Waals surface area contributed by atoms with Crippen molar-refractivity contribution in [3.63, 3.8) is 0 Å². The molecule has 1 N–H and O–H groups in total. The van der Waals surface area contributed by atoms with Crippen LogP contribution in [0.1, 0.15) is 46.5 Å². The molecule has 1 rings (SSSR count). The first-order chi connectivity index (χ1) is 8.99. The van der Waals surface area contributed by atoms with E-state index in [0.717, 1.165) is 25.0 Å². The van der Waals surface area contributed by atoms with Gasteiger partial charge < -0.3 is 14.8 Å². The van der Waals surface area contributed by atoms with Gasteiger partial charge in [-0.3, -0.25) is 0 Å². The Bertz CT molecular complexity index is 237. The van der Waals surface area contributed by atoms with Gasteiger partial charge in [-0.15, -0.1) is 0 Å². The molecule has 3 nitrogen and oxygen atoms in total. The van der Waals surface area contributed by atoms with Crippen molar-refractivity contribution in [1.29, 1.82) is 0 Å². The highest BCUT2D eigenvalue weighted by Crippen LogP contribution is 2.41. The molecule has 0 aromatic carbocycles. The van der Waals surface area contributed by atoms with Crippen molar-refractivity contribution in [2.75, 3.05) is 34.0 Å². The lowest BCUT2D eigenvalue weighted by Gasteiger charge is -2.42. The average molecular weight is 271 g/mol. The molecule has 114 valence electrons.